The van der Waals surface area contributed by atoms with E-state index in [2.05, 4.69) is 17.3 Å². The lowest BCUT2D eigenvalue weighted by molar-refractivity contribution is 0.222. The minimum absolute atomic E-state index is 0.163. The highest BCUT2D eigenvalue weighted by Crippen LogP contribution is 2.29. The maximum absolute atomic E-state index is 12.1. The number of nitrogens with zero attached hydrogens (tertiary/aromatic N) is 2. The number of anilines is 1. The Bertz CT molecular complexity index is 504. The summed E-state index contributed by atoms with van der Waals surface area (Å²) in [4.78, 5) is 12.1. The summed E-state index contributed by atoms with van der Waals surface area (Å²) < 4.78 is 1.41. The van der Waals surface area contributed by atoms with Crippen LogP contribution in [0, 0.1) is 5.92 Å². The van der Waals surface area contributed by atoms with E-state index in [9.17, 15) is 9.90 Å². The van der Waals surface area contributed by atoms with Crippen molar-refractivity contribution in [2.45, 2.75) is 51.6 Å². The molecule has 2 rings (SSSR count). The summed E-state index contributed by atoms with van der Waals surface area (Å²) in [5.74, 6) is 0.230. The number of halogens is 1. The Morgan fingerprint density at radius 2 is 2.35 bits per heavy atom. The highest BCUT2D eigenvalue weighted by atomic mass is 35.5. The van der Waals surface area contributed by atoms with E-state index in [1.165, 1.54) is 4.68 Å². The molecule has 2 atom stereocenters. The zero-order valence-electron chi connectivity index (χ0n) is 11.8. The first-order valence-electron chi connectivity index (χ1n) is 7.30. The standard InChI is InChI=1S/C14H22ClN3O2/c1-2-3-7-18-14(20)13(15)12(8-16-18)17-11-6-4-5-10(11)9-19/h8,10-11,17,19H,2-7,9H2,1H3. The minimum atomic E-state index is -0.247. The molecule has 20 heavy (non-hydrogen) atoms. The van der Waals surface area contributed by atoms with Crippen molar-refractivity contribution in [1.29, 1.82) is 0 Å². The zero-order valence-corrected chi connectivity index (χ0v) is 12.6. The second-order valence-corrected chi connectivity index (χ2v) is 5.76. The second-order valence-electron chi connectivity index (χ2n) is 5.38. The van der Waals surface area contributed by atoms with Gasteiger partial charge >= 0.3 is 0 Å². The molecule has 112 valence electrons. The van der Waals surface area contributed by atoms with E-state index in [4.69, 9.17) is 11.6 Å². The van der Waals surface area contributed by atoms with Crippen LogP contribution in [0.5, 0.6) is 0 Å². The average molecular weight is 300 g/mol. The van der Waals surface area contributed by atoms with Gasteiger partial charge in [-0.1, -0.05) is 31.4 Å². The van der Waals surface area contributed by atoms with Crippen molar-refractivity contribution < 1.29 is 5.11 Å². The molecule has 1 aromatic heterocycles. The van der Waals surface area contributed by atoms with Crippen LogP contribution in [0.15, 0.2) is 11.0 Å². The van der Waals surface area contributed by atoms with E-state index in [1.54, 1.807) is 6.20 Å². The van der Waals surface area contributed by atoms with Crippen molar-refractivity contribution in [2.24, 2.45) is 5.92 Å². The number of aliphatic hydroxyl groups excluding tert-OH is 1. The molecule has 1 fully saturated rings. The largest absolute Gasteiger partial charge is 0.396 e. The van der Waals surface area contributed by atoms with Crippen LogP contribution in [-0.4, -0.2) is 27.5 Å². The Balaban J connectivity index is 2.13. The van der Waals surface area contributed by atoms with Crippen molar-refractivity contribution >= 4 is 17.3 Å². The zero-order chi connectivity index (χ0) is 14.5. The second kappa shape index (κ2) is 7.09. The molecule has 0 radical (unpaired) electrons. The van der Waals surface area contributed by atoms with E-state index in [0.29, 0.717) is 12.2 Å². The lowest BCUT2D eigenvalue weighted by atomic mass is 10.1. The number of aliphatic hydroxyl groups is 1. The molecule has 5 nitrogen and oxygen atoms in total. The fraction of sp³-hybridized carbons (Fsp3) is 0.714. The summed E-state index contributed by atoms with van der Waals surface area (Å²) >= 11 is 6.15. The Hall–Kier alpha value is -1.07. The third kappa shape index (κ3) is 3.33. The number of hydrogen-bond donors (Lipinski definition) is 2. The molecule has 0 aliphatic heterocycles. The number of nitrogens with one attached hydrogen (secondary N) is 1. The van der Waals surface area contributed by atoms with Gasteiger partial charge in [-0.15, -0.1) is 0 Å². The SMILES string of the molecule is CCCCn1ncc(NC2CCCC2CO)c(Cl)c1=O. The Morgan fingerprint density at radius 1 is 1.55 bits per heavy atom. The fourth-order valence-electron chi connectivity index (χ4n) is 2.68. The number of unbranched alkanes of at least 4 members (excludes halogenated alkanes) is 1. The van der Waals surface area contributed by atoms with E-state index in [1.807, 2.05) is 0 Å². The first kappa shape index (κ1) is 15.3. The number of hydrogen-bond acceptors (Lipinski definition) is 4. The Kier molecular flexibility index (Phi) is 5.43. The molecule has 0 aromatic carbocycles. The first-order chi connectivity index (χ1) is 9.67. The summed E-state index contributed by atoms with van der Waals surface area (Å²) in [5.41, 5.74) is 0.332. The van der Waals surface area contributed by atoms with Gasteiger partial charge in [0.2, 0.25) is 0 Å². The molecule has 0 spiro atoms. The number of rotatable bonds is 6. The van der Waals surface area contributed by atoms with Gasteiger partial charge in [-0.25, -0.2) is 4.68 Å². The summed E-state index contributed by atoms with van der Waals surface area (Å²) in [6.45, 7) is 2.83. The average Bonchev–Trinajstić information content (AvgIpc) is 2.90. The molecule has 2 unspecified atom stereocenters. The fourth-order valence-corrected chi connectivity index (χ4v) is 2.88. The third-order valence-corrected chi connectivity index (χ3v) is 4.31. The Labute approximate surface area is 124 Å². The molecule has 1 heterocycles. The van der Waals surface area contributed by atoms with Gasteiger partial charge < -0.3 is 10.4 Å². The molecule has 0 bridgehead atoms. The molecular weight excluding hydrogens is 278 g/mol. The highest BCUT2D eigenvalue weighted by Gasteiger charge is 2.27. The van der Waals surface area contributed by atoms with Crippen LogP contribution < -0.4 is 10.9 Å². The molecule has 0 amide bonds. The third-order valence-electron chi connectivity index (χ3n) is 3.94. The van der Waals surface area contributed by atoms with Crippen molar-refractivity contribution in [3.8, 4) is 0 Å². The molecule has 1 aromatic rings. The van der Waals surface area contributed by atoms with Crippen molar-refractivity contribution in [1.82, 2.24) is 9.78 Å². The minimum Gasteiger partial charge on any atom is -0.396 e. The number of aryl methyl sites for hydroxylation is 1. The summed E-state index contributed by atoms with van der Waals surface area (Å²) in [6.07, 6.45) is 6.61. The van der Waals surface area contributed by atoms with Crippen LogP contribution in [0.25, 0.3) is 0 Å². The van der Waals surface area contributed by atoms with E-state index in [-0.39, 0.29) is 29.1 Å². The van der Waals surface area contributed by atoms with Crippen LogP contribution in [0.4, 0.5) is 5.69 Å². The van der Waals surface area contributed by atoms with Crippen LogP contribution in [0.2, 0.25) is 5.02 Å². The molecule has 1 aliphatic rings. The van der Waals surface area contributed by atoms with E-state index < -0.39 is 0 Å². The predicted octanol–water partition coefficient (Wildman–Crippen LogP) is 2.27. The number of aromatic nitrogens is 2. The van der Waals surface area contributed by atoms with Gasteiger partial charge in [-0.2, -0.15) is 5.10 Å². The molecular formula is C14H22ClN3O2. The van der Waals surface area contributed by atoms with Gasteiger partial charge in [-0.3, -0.25) is 4.79 Å². The van der Waals surface area contributed by atoms with Gasteiger partial charge in [0.15, 0.2) is 0 Å². The lowest BCUT2D eigenvalue weighted by Gasteiger charge is -2.20. The maximum atomic E-state index is 12.1. The maximum Gasteiger partial charge on any atom is 0.287 e. The molecule has 1 aliphatic carbocycles. The van der Waals surface area contributed by atoms with Gasteiger partial charge in [-0.05, 0) is 19.3 Å². The van der Waals surface area contributed by atoms with E-state index in [0.717, 1.165) is 32.1 Å². The predicted molar refractivity (Wildman–Crippen MR) is 80.3 cm³/mol. The van der Waals surface area contributed by atoms with Gasteiger partial charge in [0.25, 0.3) is 5.56 Å². The topological polar surface area (TPSA) is 67.2 Å². The molecule has 0 saturated heterocycles. The summed E-state index contributed by atoms with van der Waals surface area (Å²) in [5, 5.41) is 17.0. The Morgan fingerprint density at radius 3 is 3.05 bits per heavy atom. The van der Waals surface area contributed by atoms with Crippen molar-refractivity contribution in [2.75, 3.05) is 11.9 Å². The molecule has 1 saturated carbocycles. The highest BCUT2D eigenvalue weighted by molar-refractivity contribution is 6.32. The van der Waals surface area contributed by atoms with Crippen LogP contribution >= 0.6 is 11.6 Å². The summed E-state index contributed by atoms with van der Waals surface area (Å²) in [6, 6.07) is 0.171. The summed E-state index contributed by atoms with van der Waals surface area (Å²) in [7, 11) is 0. The monoisotopic (exact) mass is 299 g/mol. The van der Waals surface area contributed by atoms with Gasteiger partial charge in [0, 0.05) is 25.1 Å². The van der Waals surface area contributed by atoms with Crippen molar-refractivity contribution in [3.05, 3.63) is 21.6 Å². The molecule has 2 N–H and O–H groups in total. The quantitative estimate of drug-likeness (QED) is 0.845. The van der Waals surface area contributed by atoms with Gasteiger partial charge in [0.1, 0.15) is 5.02 Å². The van der Waals surface area contributed by atoms with Crippen molar-refractivity contribution in [3.63, 3.8) is 0 Å². The van der Waals surface area contributed by atoms with Crippen LogP contribution in [-0.2, 0) is 6.54 Å². The normalized spacial score (nSPS) is 22.1. The van der Waals surface area contributed by atoms with Gasteiger partial charge in [0.05, 0.1) is 11.9 Å². The first-order valence-corrected chi connectivity index (χ1v) is 7.68. The van der Waals surface area contributed by atoms with Crippen LogP contribution in [0.1, 0.15) is 39.0 Å². The smallest absolute Gasteiger partial charge is 0.287 e. The molecule has 6 heteroatoms. The van der Waals surface area contributed by atoms with E-state index >= 15 is 0 Å². The lowest BCUT2D eigenvalue weighted by Crippen LogP contribution is -2.29. The van der Waals surface area contributed by atoms with Crippen LogP contribution in [0.3, 0.4) is 0 Å².